The molecule has 2 heterocycles. The van der Waals surface area contributed by atoms with Crippen molar-refractivity contribution in [3.05, 3.63) is 40.8 Å². The number of aromatic amines is 1. The Morgan fingerprint density at radius 3 is 2.20 bits per heavy atom. The molecule has 0 saturated carbocycles. The van der Waals surface area contributed by atoms with E-state index in [9.17, 15) is 18.0 Å². The van der Waals surface area contributed by atoms with Gasteiger partial charge in [0.25, 0.3) is 15.9 Å². The highest BCUT2D eigenvalue weighted by Gasteiger charge is 2.29. The lowest BCUT2D eigenvalue weighted by atomic mass is 9.92. The zero-order valence-corrected chi connectivity index (χ0v) is 32.3. The maximum Gasteiger partial charge on any atom is 0.261 e. The van der Waals surface area contributed by atoms with Crippen LogP contribution in [0.5, 0.6) is 5.75 Å². The second-order valence-electron chi connectivity index (χ2n) is 14.1. The maximum absolute atomic E-state index is 13.9. The van der Waals surface area contributed by atoms with Crippen LogP contribution in [-0.4, -0.2) is 52.0 Å². The van der Waals surface area contributed by atoms with Crippen molar-refractivity contribution < 1.29 is 22.7 Å². The van der Waals surface area contributed by atoms with Gasteiger partial charge >= 0.3 is 0 Å². The van der Waals surface area contributed by atoms with Crippen molar-refractivity contribution in [3.8, 4) is 5.75 Å². The van der Waals surface area contributed by atoms with Gasteiger partial charge in [-0.2, -0.15) is 0 Å². The van der Waals surface area contributed by atoms with E-state index in [-0.39, 0.29) is 35.1 Å². The summed E-state index contributed by atoms with van der Waals surface area (Å²) in [4.78, 5) is 25.9. The van der Waals surface area contributed by atoms with Gasteiger partial charge in [0.15, 0.2) is 17.6 Å². The number of sulfonamides is 1. The fourth-order valence-corrected chi connectivity index (χ4v) is 7.02. The summed E-state index contributed by atoms with van der Waals surface area (Å²) in [5.41, 5.74) is 1.21. The highest BCUT2D eigenvalue weighted by atomic mass is 35.5. The Morgan fingerprint density at radius 1 is 0.940 bits per heavy atom. The number of carbonyl (C=O) groups is 2. The number of carbonyl (C=O) groups excluding carboxylic acids is 2. The molecule has 0 aliphatic rings. The van der Waals surface area contributed by atoms with Gasteiger partial charge in [-0.25, -0.2) is 12.9 Å². The number of ether oxygens (including phenoxy) is 1. The third-order valence-corrected chi connectivity index (χ3v) is 9.99. The average molecular weight is 736 g/mol. The van der Waals surface area contributed by atoms with Crippen molar-refractivity contribution in [1.29, 1.82) is 0 Å². The highest BCUT2D eigenvalue weighted by Crippen LogP contribution is 2.32. The van der Waals surface area contributed by atoms with Crippen LogP contribution in [-0.2, 0) is 25.0 Å². The number of amides is 2. The minimum Gasteiger partial charge on any atom is -0.478 e. The van der Waals surface area contributed by atoms with Gasteiger partial charge in [-0.1, -0.05) is 123 Å². The first-order chi connectivity index (χ1) is 23.8. The summed E-state index contributed by atoms with van der Waals surface area (Å²) < 4.78 is 36.3. The lowest BCUT2D eigenvalue weighted by Crippen LogP contribution is -2.40. The zero-order valence-electron chi connectivity index (χ0n) is 30.7. The van der Waals surface area contributed by atoms with Gasteiger partial charge in [0, 0.05) is 11.8 Å². The van der Waals surface area contributed by atoms with Gasteiger partial charge in [0.2, 0.25) is 5.91 Å². The average Bonchev–Trinajstić information content (AvgIpc) is 3.64. The second kappa shape index (κ2) is 19.9. The van der Waals surface area contributed by atoms with Crippen molar-refractivity contribution in [1.82, 2.24) is 30.4 Å². The number of fused-ring (bicyclic) bond motifs is 1. The van der Waals surface area contributed by atoms with Crippen molar-refractivity contribution >= 4 is 44.8 Å². The van der Waals surface area contributed by atoms with Crippen molar-refractivity contribution in [2.75, 3.05) is 10.6 Å². The summed E-state index contributed by atoms with van der Waals surface area (Å²) in [5, 5.41) is 17.8. The number of hydrogen-bond acceptors (Lipinski definition) is 7. The van der Waals surface area contributed by atoms with E-state index in [1.807, 2.05) is 34.6 Å². The number of anilines is 1. The molecule has 14 heteroatoms. The Bertz CT molecular complexity index is 1620. The Labute approximate surface area is 303 Å². The van der Waals surface area contributed by atoms with Gasteiger partial charge in [-0.15, -0.1) is 10.2 Å². The zero-order chi connectivity index (χ0) is 36.7. The lowest BCUT2D eigenvalue weighted by molar-refractivity contribution is -0.129. The second-order valence-corrected chi connectivity index (χ2v) is 16.2. The number of aromatic nitrogens is 4. The molecule has 2 amide bonds. The molecule has 1 aromatic carbocycles. The Kier molecular flexibility index (Phi) is 16.4. The molecule has 0 spiro atoms. The van der Waals surface area contributed by atoms with E-state index in [1.165, 1.54) is 38.5 Å². The lowest BCUT2D eigenvalue weighted by Gasteiger charge is -2.23. The van der Waals surface area contributed by atoms with Crippen molar-refractivity contribution in [3.63, 3.8) is 0 Å². The molecule has 0 radical (unpaired) electrons. The third kappa shape index (κ3) is 12.8. The number of benzene rings is 1. The summed E-state index contributed by atoms with van der Waals surface area (Å²) in [6, 6.07) is 6.03. The van der Waals surface area contributed by atoms with E-state index in [0.717, 1.165) is 37.8 Å². The van der Waals surface area contributed by atoms with E-state index in [0.29, 0.717) is 29.3 Å². The third-order valence-electron chi connectivity index (χ3n) is 8.57. The number of para-hydroxylation sites is 2. The molecule has 3 aromatic rings. The first kappa shape index (κ1) is 41.1. The minimum atomic E-state index is -3.95. The Morgan fingerprint density at radius 2 is 1.56 bits per heavy atom. The molecule has 2 unspecified atom stereocenters. The van der Waals surface area contributed by atoms with Gasteiger partial charge < -0.3 is 15.4 Å². The first-order valence-electron chi connectivity index (χ1n) is 18.2. The normalized spacial score (nSPS) is 13.3. The van der Waals surface area contributed by atoms with E-state index in [4.69, 9.17) is 16.3 Å². The molecule has 0 aliphatic carbocycles. The molecule has 3 rings (SSSR count). The van der Waals surface area contributed by atoms with Crippen LogP contribution in [0.2, 0.25) is 5.02 Å². The number of H-pyrrole nitrogens is 1. The summed E-state index contributed by atoms with van der Waals surface area (Å²) in [5.74, 6) is -0.567. The molecule has 0 saturated heterocycles. The largest absolute Gasteiger partial charge is 0.478 e. The van der Waals surface area contributed by atoms with E-state index < -0.39 is 28.0 Å². The predicted molar refractivity (Wildman–Crippen MR) is 200 cm³/mol. The molecule has 4 N–H and O–H groups in total. The highest BCUT2D eigenvalue weighted by molar-refractivity contribution is 7.92. The molecule has 280 valence electrons. The van der Waals surface area contributed by atoms with Crippen LogP contribution in [0.4, 0.5) is 5.69 Å². The van der Waals surface area contributed by atoms with Crippen LogP contribution in [0.25, 0.3) is 5.65 Å². The standard InChI is InChI=1S/C36H58ClN7O5S/c1-7-9-11-12-13-14-15-16-17-18-23-29(35(46)39-26(3)33-40-41-34-31(37)32(36(4,5)6)42-44(33)34)49-28-22-20-19-21-27(28)43-50(47,48)25-38-30(45)24-10-8-2/h19-22,26,29,42-43H,7-18,23-25H2,1-6H3,(H,38,45)(H,39,46). The smallest absolute Gasteiger partial charge is 0.261 e. The van der Waals surface area contributed by atoms with Crippen LogP contribution >= 0.6 is 11.6 Å². The van der Waals surface area contributed by atoms with Gasteiger partial charge in [-0.05, 0) is 38.3 Å². The molecule has 50 heavy (non-hydrogen) atoms. The fourth-order valence-electron chi connectivity index (χ4n) is 5.64. The molecular formula is C36H58ClN7O5S. The molecule has 2 atom stereocenters. The van der Waals surface area contributed by atoms with Crippen molar-refractivity contribution in [2.24, 2.45) is 0 Å². The van der Waals surface area contributed by atoms with Crippen LogP contribution in [0.3, 0.4) is 0 Å². The molecule has 0 aliphatic heterocycles. The molecule has 12 nitrogen and oxygen atoms in total. The number of halogens is 1. The Balaban J connectivity index is 1.73. The van der Waals surface area contributed by atoms with Crippen LogP contribution in [0, 0.1) is 0 Å². The number of nitrogens with one attached hydrogen (secondary N) is 4. The summed E-state index contributed by atoms with van der Waals surface area (Å²) in [6.45, 7) is 12.1. The summed E-state index contributed by atoms with van der Waals surface area (Å²) >= 11 is 6.62. The first-order valence-corrected chi connectivity index (χ1v) is 20.3. The number of unbranched alkanes of at least 4 members (excludes halogenated alkanes) is 10. The van der Waals surface area contributed by atoms with Crippen LogP contribution < -0.4 is 20.1 Å². The summed E-state index contributed by atoms with van der Waals surface area (Å²) in [7, 11) is -3.95. The molecular weight excluding hydrogens is 678 g/mol. The minimum absolute atomic E-state index is 0.180. The van der Waals surface area contributed by atoms with Gasteiger partial charge in [0.05, 0.1) is 17.4 Å². The van der Waals surface area contributed by atoms with Gasteiger partial charge in [0.1, 0.15) is 16.6 Å². The molecule has 0 bridgehead atoms. The molecule has 2 aromatic heterocycles. The number of rotatable bonds is 23. The predicted octanol–water partition coefficient (Wildman–Crippen LogP) is 7.95. The maximum atomic E-state index is 13.9. The SMILES string of the molecule is CCCCCCCCCCCCC(Oc1ccccc1NS(=O)(=O)CNC(=O)CCCC)C(=O)NC(C)c1nnc2c(Cl)c(C(C)(C)C)[nH]n12. The van der Waals surface area contributed by atoms with Gasteiger partial charge in [-0.3, -0.25) is 19.4 Å². The monoisotopic (exact) mass is 735 g/mol. The topological polar surface area (TPSA) is 160 Å². The molecule has 0 fully saturated rings. The van der Waals surface area contributed by atoms with Crippen LogP contribution in [0.15, 0.2) is 24.3 Å². The summed E-state index contributed by atoms with van der Waals surface area (Å²) in [6.07, 6.45) is 12.8. The number of nitrogens with zero attached hydrogens (tertiary/aromatic N) is 3. The van der Waals surface area contributed by atoms with E-state index >= 15 is 0 Å². The fraction of sp³-hybridized carbons (Fsp3) is 0.667. The van der Waals surface area contributed by atoms with Crippen LogP contribution in [0.1, 0.15) is 149 Å². The number of hydrogen-bond donors (Lipinski definition) is 4. The van der Waals surface area contributed by atoms with E-state index in [1.54, 1.807) is 28.8 Å². The quantitative estimate of drug-likeness (QED) is 0.0719. The Hall–Kier alpha value is -3.32. The van der Waals surface area contributed by atoms with Crippen molar-refractivity contribution in [2.45, 2.75) is 149 Å². The van der Waals surface area contributed by atoms with E-state index in [2.05, 4.69) is 37.6 Å².